The third-order valence-electron chi connectivity index (χ3n) is 5.51. The summed E-state index contributed by atoms with van der Waals surface area (Å²) in [6, 6.07) is 28.7. The van der Waals surface area contributed by atoms with Gasteiger partial charge in [-0.2, -0.15) is 0 Å². The van der Waals surface area contributed by atoms with Crippen LogP contribution in [-0.2, 0) is 16.1 Å². The van der Waals surface area contributed by atoms with Gasteiger partial charge < -0.3 is 9.64 Å². The van der Waals surface area contributed by atoms with Crippen molar-refractivity contribution in [3.05, 3.63) is 107 Å². The molecule has 1 atom stereocenters. The molecule has 0 spiro atoms. The number of carbonyl (C=O) groups excluding carboxylic acids is 1. The molecular formula is C28H29NO2. The Morgan fingerprint density at radius 2 is 1.45 bits per heavy atom. The Labute approximate surface area is 185 Å². The van der Waals surface area contributed by atoms with E-state index in [9.17, 15) is 4.79 Å². The van der Waals surface area contributed by atoms with Gasteiger partial charge in [0.05, 0.1) is 11.6 Å². The van der Waals surface area contributed by atoms with Crippen molar-refractivity contribution in [1.82, 2.24) is 0 Å². The number of fused-ring (bicyclic) bond motifs is 1. The number of benzene rings is 3. The minimum absolute atomic E-state index is 0.139. The smallest absolute Gasteiger partial charge is 0.337 e. The van der Waals surface area contributed by atoms with Gasteiger partial charge in [0.25, 0.3) is 0 Å². The zero-order valence-electron chi connectivity index (χ0n) is 18.6. The Morgan fingerprint density at radius 3 is 2.10 bits per heavy atom. The third-order valence-corrected chi connectivity index (χ3v) is 5.51. The molecule has 0 aliphatic carbocycles. The lowest BCUT2D eigenvalue weighted by Gasteiger charge is -2.40. The molecule has 0 bridgehead atoms. The number of carbonyl (C=O) groups is 1. The highest BCUT2D eigenvalue weighted by Crippen LogP contribution is 2.42. The Bertz CT molecular complexity index is 1090. The maximum atomic E-state index is 13.5. The fourth-order valence-corrected chi connectivity index (χ4v) is 4.18. The van der Waals surface area contributed by atoms with Crippen LogP contribution in [0.15, 0.2) is 90.5 Å². The van der Waals surface area contributed by atoms with Crippen molar-refractivity contribution < 1.29 is 9.53 Å². The maximum Gasteiger partial charge on any atom is 0.337 e. The lowest BCUT2D eigenvalue weighted by atomic mass is 9.84. The van der Waals surface area contributed by atoms with Gasteiger partial charge >= 0.3 is 5.97 Å². The highest BCUT2D eigenvalue weighted by molar-refractivity contribution is 6.07. The second-order valence-corrected chi connectivity index (χ2v) is 8.96. The Hall–Kier alpha value is -3.33. The molecule has 0 aromatic heterocycles. The molecule has 0 radical (unpaired) electrons. The molecule has 1 heterocycles. The van der Waals surface area contributed by atoms with Crippen LogP contribution < -0.4 is 4.90 Å². The third kappa shape index (κ3) is 4.41. The van der Waals surface area contributed by atoms with Crippen molar-refractivity contribution in [3.8, 4) is 0 Å². The SMILES string of the molecule is CC1C(C(=O)OC(C)(C)C)=C(c2ccccc2)c2ccccc2N1Cc1ccccc1. The number of ether oxygens (including phenoxy) is 1. The molecule has 1 aliphatic heterocycles. The van der Waals surface area contributed by atoms with E-state index in [2.05, 4.69) is 66.4 Å². The van der Waals surface area contributed by atoms with Crippen LogP contribution in [0.25, 0.3) is 5.57 Å². The lowest BCUT2D eigenvalue weighted by Crippen LogP contribution is -2.42. The normalized spacial score (nSPS) is 16.1. The first-order chi connectivity index (χ1) is 14.8. The van der Waals surface area contributed by atoms with E-state index < -0.39 is 5.60 Å². The first-order valence-electron chi connectivity index (χ1n) is 10.8. The van der Waals surface area contributed by atoms with Crippen LogP contribution in [0.4, 0.5) is 5.69 Å². The van der Waals surface area contributed by atoms with Crippen molar-refractivity contribution >= 4 is 17.2 Å². The first-order valence-corrected chi connectivity index (χ1v) is 10.8. The van der Waals surface area contributed by atoms with Gasteiger partial charge in [0.2, 0.25) is 0 Å². The standard InChI is InChI=1S/C28H29NO2/c1-20-25(27(30)31-28(2,3)4)26(22-15-9-6-10-16-22)23-17-11-12-18-24(23)29(20)19-21-13-7-5-8-14-21/h5-18,20H,19H2,1-4H3. The molecule has 31 heavy (non-hydrogen) atoms. The first kappa shape index (κ1) is 20.9. The number of anilines is 1. The average Bonchev–Trinajstić information content (AvgIpc) is 2.75. The van der Waals surface area contributed by atoms with E-state index in [-0.39, 0.29) is 12.0 Å². The van der Waals surface area contributed by atoms with Crippen LogP contribution in [0, 0.1) is 0 Å². The van der Waals surface area contributed by atoms with Gasteiger partial charge in [0.1, 0.15) is 5.60 Å². The average molecular weight is 412 g/mol. The second-order valence-electron chi connectivity index (χ2n) is 8.96. The van der Waals surface area contributed by atoms with Crippen LogP contribution in [0.1, 0.15) is 44.4 Å². The molecular weight excluding hydrogens is 382 g/mol. The highest BCUT2D eigenvalue weighted by Gasteiger charge is 2.36. The molecule has 3 heteroatoms. The predicted molar refractivity (Wildman–Crippen MR) is 127 cm³/mol. The van der Waals surface area contributed by atoms with Gasteiger partial charge in [-0.1, -0.05) is 78.9 Å². The Balaban J connectivity index is 1.91. The van der Waals surface area contributed by atoms with Gasteiger partial charge in [-0.05, 0) is 44.9 Å². The molecule has 0 saturated carbocycles. The number of hydrogen-bond donors (Lipinski definition) is 0. The van der Waals surface area contributed by atoms with Crippen molar-refractivity contribution in [2.24, 2.45) is 0 Å². The highest BCUT2D eigenvalue weighted by atomic mass is 16.6. The second kappa shape index (κ2) is 8.43. The minimum Gasteiger partial charge on any atom is -0.457 e. The molecule has 3 nitrogen and oxygen atoms in total. The fraction of sp³-hybridized carbons (Fsp3) is 0.250. The molecule has 0 saturated heterocycles. The summed E-state index contributed by atoms with van der Waals surface area (Å²) in [5.74, 6) is -0.258. The fourth-order valence-electron chi connectivity index (χ4n) is 4.18. The molecule has 0 amide bonds. The maximum absolute atomic E-state index is 13.5. The van der Waals surface area contributed by atoms with Gasteiger partial charge in [0.15, 0.2) is 0 Å². The summed E-state index contributed by atoms with van der Waals surface area (Å²) in [6.45, 7) is 8.55. The van der Waals surface area contributed by atoms with Crippen LogP contribution in [0.3, 0.4) is 0 Å². The number of para-hydroxylation sites is 1. The van der Waals surface area contributed by atoms with Crippen LogP contribution >= 0.6 is 0 Å². The van der Waals surface area contributed by atoms with Gasteiger partial charge in [0, 0.05) is 23.4 Å². The molecule has 1 unspecified atom stereocenters. The van der Waals surface area contributed by atoms with E-state index in [4.69, 9.17) is 4.74 Å². The van der Waals surface area contributed by atoms with E-state index in [0.29, 0.717) is 12.1 Å². The van der Waals surface area contributed by atoms with Crippen LogP contribution in [0.2, 0.25) is 0 Å². The minimum atomic E-state index is -0.563. The Kier molecular flexibility index (Phi) is 5.69. The zero-order valence-corrected chi connectivity index (χ0v) is 18.6. The summed E-state index contributed by atoms with van der Waals surface area (Å²) in [4.78, 5) is 15.8. The van der Waals surface area contributed by atoms with Crippen LogP contribution in [0.5, 0.6) is 0 Å². The summed E-state index contributed by atoms with van der Waals surface area (Å²) in [7, 11) is 0. The summed E-state index contributed by atoms with van der Waals surface area (Å²) < 4.78 is 5.89. The van der Waals surface area contributed by atoms with Gasteiger partial charge in [-0.15, -0.1) is 0 Å². The van der Waals surface area contributed by atoms with Gasteiger partial charge in [-0.3, -0.25) is 0 Å². The van der Waals surface area contributed by atoms with Crippen molar-refractivity contribution in [1.29, 1.82) is 0 Å². The van der Waals surface area contributed by atoms with Crippen LogP contribution in [-0.4, -0.2) is 17.6 Å². The molecule has 3 aromatic carbocycles. The Morgan fingerprint density at radius 1 is 0.871 bits per heavy atom. The number of rotatable bonds is 4. The van der Waals surface area contributed by atoms with E-state index >= 15 is 0 Å². The quantitative estimate of drug-likeness (QED) is 0.476. The summed E-state index contributed by atoms with van der Waals surface area (Å²) in [5.41, 5.74) is 5.52. The van der Waals surface area contributed by atoms with E-state index in [0.717, 1.165) is 22.4 Å². The summed E-state index contributed by atoms with van der Waals surface area (Å²) in [6.07, 6.45) is 0. The topological polar surface area (TPSA) is 29.5 Å². The monoisotopic (exact) mass is 411 g/mol. The number of nitrogens with zero attached hydrogens (tertiary/aromatic N) is 1. The largest absolute Gasteiger partial charge is 0.457 e. The number of hydrogen-bond acceptors (Lipinski definition) is 3. The predicted octanol–water partition coefficient (Wildman–Crippen LogP) is 6.24. The number of esters is 1. The van der Waals surface area contributed by atoms with Crippen molar-refractivity contribution in [2.45, 2.75) is 45.9 Å². The lowest BCUT2D eigenvalue weighted by molar-refractivity contribution is -0.150. The van der Waals surface area contributed by atoms with Crippen molar-refractivity contribution in [3.63, 3.8) is 0 Å². The van der Waals surface area contributed by atoms with E-state index in [1.165, 1.54) is 5.56 Å². The zero-order chi connectivity index (χ0) is 22.0. The summed E-state index contributed by atoms with van der Waals surface area (Å²) >= 11 is 0. The van der Waals surface area contributed by atoms with Crippen molar-refractivity contribution in [2.75, 3.05) is 4.90 Å². The van der Waals surface area contributed by atoms with Gasteiger partial charge in [-0.25, -0.2) is 4.79 Å². The molecule has 1 aliphatic rings. The van der Waals surface area contributed by atoms with E-state index in [1.54, 1.807) is 0 Å². The summed E-state index contributed by atoms with van der Waals surface area (Å²) in [5, 5.41) is 0. The molecule has 0 N–H and O–H groups in total. The van der Waals surface area contributed by atoms with E-state index in [1.807, 2.05) is 51.1 Å². The molecule has 3 aromatic rings. The molecule has 4 rings (SSSR count). The molecule has 158 valence electrons. The molecule has 0 fully saturated rings.